The van der Waals surface area contributed by atoms with Crippen molar-refractivity contribution >= 4 is 64.0 Å². The van der Waals surface area contributed by atoms with Crippen molar-refractivity contribution in [3.8, 4) is 0 Å². The van der Waals surface area contributed by atoms with E-state index in [0.717, 1.165) is 0 Å². The van der Waals surface area contributed by atoms with Crippen molar-refractivity contribution in [2.24, 2.45) is 0 Å². The molecule has 1 aromatic carbocycles. The molecule has 0 saturated heterocycles. The minimum atomic E-state index is -1.32. The van der Waals surface area contributed by atoms with Crippen LogP contribution in [0.3, 0.4) is 0 Å². The lowest BCUT2D eigenvalue weighted by Gasteiger charge is -2.11. The molecule has 0 saturated carbocycles. The number of rotatable bonds is 3. The van der Waals surface area contributed by atoms with Crippen LogP contribution in [0.1, 0.15) is 20.8 Å². The molecule has 21 heavy (non-hydrogen) atoms. The van der Waals surface area contributed by atoms with E-state index in [1.165, 1.54) is 18.2 Å². The van der Waals surface area contributed by atoms with E-state index in [-0.39, 0.29) is 37.2 Å². The molecule has 9 heteroatoms. The monoisotopic (exact) mass is 366 g/mol. The Balaban J connectivity index is 2.41. The van der Waals surface area contributed by atoms with Crippen molar-refractivity contribution in [3.05, 3.63) is 49.7 Å². The fourth-order valence-corrected chi connectivity index (χ4v) is 2.35. The Labute approximate surface area is 138 Å². The molecule has 1 aromatic heterocycles. The summed E-state index contributed by atoms with van der Waals surface area (Å²) < 4.78 is 0. The fraction of sp³-hybridized carbons (Fsp3) is 0. The Hall–Kier alpha value is -1.40. The van der Waals surface area contributed by atoms with E-state index in [0.29, 0.717) is 0 Å². The van der Waals surface area contributed by atoms with Crippen molar-refractivity contribution in [2.75, 3.05) is 5.32 Å². The van der Waals surface area contributed by atoms with E-state index < -0.39 is 11.9 Å². The molecule has 110 valence electrons. The number of aromatic nitrogens is 1. The zero-order valence-electron chi connectivity index (χ0n) is 10.0. The van der Waals surface area contributed by atoms with Crippen LogP contribution in [-0.2, 0) is 0 Å². The molecule has 1 amide bonds. The zero-order chi connectivity index (χ0) is 15.7. The lowest BCUT2D eigenvalue weighted by molar-refractivity contribution is 0.0698. The van der Waals surface area contributed by atoms with Crippen molar-refractivity contribution in [1.82, 2.24) is 4.98 Å². The molecule has 0 radical (unpaired) electrons. The van der Waals surface area contributed by atoms with Crippen LogP contribution in [0.15, 0.2) is 18.2 Å². The van der Waals surface area contributed by atoms with Gasteiger partial charge >= 0.3 is 5.97 Å². The quantitative estimate of drug-likeness (QED) is 0.742. The number of H-pyrrole nitrogens is 1. The molecular weight excluding hydrogens is 362 g/mol. The number of hydrogen-bond acceptors (Lipinski definition) is 2. The van der Waals surface area contributed by atoms with Gasteiger partial charge in [-0.25, -0.2) is 4.79 Å². The maximum atomic E-state index is 12.1. The van der Waals surface area contributed by atoms with Crippen LogP contribution in [0.2, 0.25) is 20.2 Å². The number of amides is 1. The molecule has 2 rings (SSSR count). The third-order valence-corrected chi connectivity index (χ3v) is 3.85. The number of carbonyl (C=O) groups is 2. The maximum Gasteiger partial charge on any atom is 0.339 e. The summed E-state index contributed by atoms with van der Waals surface area (Å²) in [6.07, 6.45) is 0. The Morgan fingerprint density at radius 3 is 2.19 bits per heavy atom. The van der Waals surface area contributed by atoms with Crippen molar-refractivity contribution < 1.29 is 14.7 Å². The van der Waals surface area contributed by atoms with Gasteiger partial charge in [-0.15, -0.1) is 0 Å². The first-order valence-corrected chi connectivity index (χ1v) is 6.89. The molecular formula is C12H6Cl4N2O3. The summed E-state index contributed by atoms with van der Waals surface area (Å²) in [7, 11) is 0. The van der Waals surface area contributed by atoms with Crippen molar-refractivity contribution in [3.63, 3.8) is 0 Å². The molecule has 0 aliphatic carbocycles. The number of hydrogen-bond donors (Lipinski definition) is 3. The smallest absolute Gasteiger partial charge is 0.339 e. The van der Waals surface area contributed by atoms with Gasteiger partial charge in [0.1, 0.15) is 16.4 Å². The summed E-state index contributed by atoms with van der Waals surface area (Å²) in [6.45, 7) is 0. The van der Waals surface area contributed by atoms with E-state index in [1.54, 1.807) is 0 Å². The van der Waals surface area contributed by atoms with Gasteiger partial charge in [-0.3, -0.25) is 4.79 Å². The second-order valence-corrected chi connectivity index (χ2v) is 5.48. The van der Waals surface area contributed by atoms with Gasteiger partial charge in [-0.05, 0) is 18.2 Å². The van der Waals surface area contributed by atoms with E-state index >= 15 is 0 Å². The van der Waals surface area contributed by atoms with Crippen molar-refractivity contribution in [1.29, 1.82) is 0 Å². The number of carboxylic acids is 1. The number of aromatic carboxylic acids is 1. The summed E-state index contributed by atoms with van der Waals surface area (Å²) >= 11 is 23.2. The zero-order valence-corrected chi connectivity index (χ0v) is 13.0. The van der Waals surface area contributed by atoms with E-state index in [1.807, 2.05) is 0 Å². The largest absolute Gasteiger partial charge is 0.478 e. The summed E-state index contributed by atoms with van der Waals surface area (Å²) in [5.74, 6) is -1.98. The highest BCUT2D eigenvalue weighted by atomic mass is 35.5. The molecule has 0 aliphatic rings. The Morgan fingerprint density at radius 1 is 1.05 bits per heavy atom. The summed E-state index contributed by atoms with van der Waals surface area (Å²) in [5, 5.41) is 11.8. The SMILES string of the molecule is O=C(Nc1c(Cl)ccc(Cl)c1C(=O)O)c1cc(Cl)c(Cl)[nH]1. The topological polar surface area (TPSA) is 82.2 Å². The normalized spacial score (nSPS) is 10.5. The van der Waals surface area contributed by atoms with Crippen LogP contribution < -0.4 is 5.32 Å². The van der Waals surface area contributed by atoms with Gasteiger partial charge in [-0.2, -0.15) is 0 Å². The molecule has 2 aromatic rings. The van der Waals surface area contributed by atoms with Crippen LogP contribution in [0.25, 0.3) is 0 Å². The summed E-state index contributed by atoms with van der Waals surface area (Å²) in [4.78, 5) is 25.8. The van der Waals surface area contributed by atoms with Gasteiger partial charge in [0.15, 0.2) is 0 Å². The first-order chi connectivity index (χ1) is 9.81. The second kappa shape index (κ2) is 6.15. The Morgan fingerprint density at radius 2 is 1.67 bits per heavy atom. The molecule has 0 aliphatic heterocycles. The van der Waals surface area contributed by atoms with Crippen LogP contribution >= 0.6 is 46.4 Å². The third-order valence-electron chi connectivity index (χ3n) is 2.53. The van der Waals surface area contributed by atoms with Gasteiger partial charge in [-0.1, -0.05) is 46.4 Å². The molecule has 0 unspecified atom stereocenters. The predicted octanol–water partition coefficient (Wildman–Crippen LogP) is 4.58. The second-order valence-electron chi connectivity index (χ2n) is 3.88. The predicted molar refractivity (Wildman–Crippen MR) is 82.2 cm³/mol. The third kappa shape index (κ3) is 3.27. The van der Waals surface area contributed by atoms with Gasteiger partial charge < -0.3 is 15.4 Å². The molecule has 3 N–H and O–H groups in total. The number of halogens is 4. The number of carboxylic acid groups (broad SMARTS) is 1. The molecule has 0 bridgehead atoms. The Kier molecular flexibility index (Phi) is 4.68. The van der Waals surface area contributed by atoms with Crippen LogP contribution in [0.5, 0.6) is 0 Å². The first kappa shape index (κ1) is 16.0. The standard InChI is InChI=1S/C12H6Cl4N2O3/c13-4-1-2-5(14)9(8(4)12(20)21)18-11(19)7-3-6(15)10(16)17-7/h1-3,17H,(H,18,19)(H,20,21). The number of benzene rings is 1. The summed E-state index contributed by atoms with van der Waals surface area (Å²) in [6, 6.07) is 4.00. The average Bonchev–Trinajstić information content (AvgIpc) is 2.73. The molecule has 5 nitrogen and oxygen atoms in total. The van der Waals surface area contributed by atoms with E-state index in [2.05, 4.69) is 10.3 Å². The molecule has 0 spiro atoms. The summed E-state index contributed by atoms with van der Waals surface area (Å²) in [5.41, 5.74) is -0.359. The van der Waals surface area contributed by atoms with Gasteiger partial charge in [0.25, 0.3) is 5.91 Å². The molecule has 1 heterocycles. The highest BCUT2D eigenvalue weighted by Gasteiger charge is 2.21. The minimum absolute atomic E-state index is 0.0360. The minimum Gasteiger partial charge on any atom is -0.478 e. The lowest BCUT2D eigenvalue weighted by Crippen LogP contribution is -2.16. The highest BCUT2D eigenvalue weighted by molar-refractivity contribution is 6.42. The fourth-order valence-electron chi connectivity index (χ4n) is 1.59. The lowest BCUT2D eigenvalue weighted by atomic mass is 10.1. The van der Waals surface area contributed by atoms with E-state index in [4.69, 9.17) is 51.5 Å². The van der Waals surface area contributed by atoms with Gasteiger partial charge in [0.05, 0.1) is 20.8 Å². The number of nitrogens with one attached hydrogen (secondary N) is 2. The Bertz CT molecular complexity index is 723. The average molecular weight is 368 g/mol. The highest BCUT2D eigenvalue weighted by Crippen LogP contribution is 2.32. The first-order valence-electron chi connectivity index (χ1n) is 5.38. The van der Waals surface area contributed by atoms with E-state index in [9.17, 15) is 9.59 Å². The number of carbonyl (C=O) groups excluding carboxylic acids is 1. The maximum absolute atomic E-state index is 12.1. The van der Waals surface area contributed by atoms with Crippen LogP contribution in [0, 0.1) is 0 Å². The molecule has 0 fully saturated rings. The molecule has 0 atom stereocenters. The van der Waals surface area contributed by atoms with Crippen LogP contribution in [-0.4, -0.2) is 22.0 Å². The number of aromatic amines is 1. The number of anilines is 1. The van der Waals surface area contributed by atoms with Crippen molar-refractivity contribution in [2.45, 2.75) is 0 Å². The van der Waals surface area contributed by atoms with Gasteiger partial charge in [0.2, 0.25) is 0 Å². The van der Waals surface area contributed by atoms with Gasteiger partial charge in [0, 0.05) is 0 Å². The van der Waals surface area contributed by atoms with Crippen LogP contribution in [0.4, 0.5) is 5.69 Å².